The van der Waals surface area contributed by atoms with Crippen LogP contribution in [0, 0.1) is 12.3 Å². The van der Waals surface area contributed by atoms with Crippen molar-refractivity contribution in [2.24, 2.45) is 0 Å². The highest BCUT2D eigenvalue weighted by atomic mass is 16.5. The van der Waals surface area contributed by atoms with Gasteiger partial charge in [0.1, 0.15) is 0 Å². The molecule has 0 aliphatic carbocycles. The summed E-state index contributed by atoms with van der Waals surface area (Å²) in [4.78, 5) is 13.4. The number of esters is 1. The van der Waals surface area contributed by atoms with Gasteiger partial charge < -0.3 is 4.74 Å². The average molecular weight is 231 g/mol. The second kappa shape index (κ2) is 6.72. The maximum absolute atomic E-state index is 11.4. The third kappa shape index (κ3) is 4.29. The molecule has 0 atom stereocenters. The van der Waals surface area contributed by atoms with Crippen LogP contribution in [0.2, 0.25) is 0 Å². The number of hydrogen-bond acceptors (Lipinski definition) is 3. The molecule has 3 heteroatoms. The summed E-state index contributed by atoms with van der Waals surface area (Å²) in [5.41, 5.74) is 1.70. The normalized spacial score (nSPS) is 10.0. The molecule has 1 aromatic carbocycles. The van der Waals surface area contributed by atoms with Gasteiger partial charge in [0.2, 0.25) is 0 Å². The number of terminal acetylenes is 1. The van der Waals surface area contributed by atoms with Gasteiger partial charge in [-0.3, -0.25) is 4.90 Å². The van der Waals surface area contributed by atoms with Gasteiger partial charge in [0.15, 0.2) is 0 Å². The highest BCUT2D eigenvalue weighted by Crippen LogP contribution is 2.07. The SMILES string of the molecule is C#CCN(C)Cc1ccc(C(=O)OCC)cc1. The van der Waals surface area contributed by atoms with Gasteiger partial charge in [0.25, 0.3) is 0 Å². The predicted octanol–water partition coefficient (Wildman–Crippen LogP) is 1.93. The standard InChI is InChI=1S/C14H17NO2/c1-4-10-15(3)11-12-6-8-13(9-7-12)14(16)17-5-2/h1,6-9H,5,10-11H2,2-3H3. The van der Waals surface area contributed by atoms with E-state index in [1.54, 1.807) is 19.1 Å². The fourth-order valence-corrected chi connectivity index (χ4v) is 1.48. The molecule has 0 bridgehead atoms. The first-order chi connectivity index (χ1) is 8.17. The molecule has 0 N–H and O–H groups in total. The molecular formula is C14H17NO2. The van der Waals surface area contributed by atoms with Crippen LogP contribution in [0.5, 0.6) is 0 Å². The van der Waals surface area contributed by atoms with E-state index >= 15 is 0 Å². The van der Waals surface area contributed by atoms with Crippen LogP contribution in [-0.2, 0) is 11.3 Å². The van der Waals surface area contributed by atoms with Gasteiger partial charge in [-0.05, 0) is 31.7 Å². The van der Waals surface area contributed by atoms with Gasteiger partial charge >= 0.3 is 5.97 Å². The molecule has 0 amide bonds. The number of carbonyl (C=O) groups is 1. The molecule has 0 saturated heterocycles. The maximum atomic E-state index is 11.4. The molecule has 0 radical (unpaired) electrons. The third-order valence-electron chi connectivity index (χ3n) is 2.28. The average Bonchev–Trinajstić information content (AvgIpc) is 2.30. The summed E-state index contributed by atoms with van der Waals surface area (Å²) in [7, 11) is 1.96. The Labute approximate surface area is 102 Å². The van der Waals surface area contributed by atoms with E-state index < -0.39 is 0 Å². The van der Waals surface area contributed by atoms with Crippen molar-refractivity contribution in [1.82, 2.24) is 4.90 Å². The van der Waals surface area contributed by atoms with Crippen molar-refractivity contribution in [3.8, 4) is 12.3 Å². The molecule has 0 unspecified atom stereocenters. The highest BCUT2D eigenvalue weighted by Gasteiger charge is 2.06. The van der Waals surface area contributed by atoms with Crippen molar-refractivity contribution in [3.63, 3.8) is 0 Å². The third-order valence-corrected chi connectivity index (χ3v) is 2.28. The zero-order valence-corrected chi connectivity index (χ0v) is 10.3. The molecule has 0 aliphatic rings. The molecule has 3 nitrogen and oxygen atoms in total. The Bertz CT molecular complexity index is 403. The Hall–Kier alpha value is -1.79. The number of ether oxygens (including phenoxy) is 1. The molecule has 17 heavy (non-hydrogen) atoms. The molecule has 0 heterocycles. The zero-order valence-electron chi connectivity index (χ0n) is 10.3. The minimum atomic E-state index is -0.281. The van der Waals surface area contributed by atoms with Gasteiger partial charge in [-0.25, -0.2) is 4.79 Å². The highest BCUT2D eigenvalue weighted by molar-refractivity contribution is 5.89. The van der Waals surface area contributed by atoms with E-state index in [2.05, 4.69) is 5.92 Å². The van der Waals surface area contributed by atoms with Crippen molar-refractivity contribution < 1.29 is 9.53 Å². The Kier molecular flexibility index (Phi) is 5.25. The van der Waals surface area contributed by atoms with E-state index in [9.17, 15) is 4.79 Å². The predicted molar refractivity (Wildman–Crippen MR) is 67.6 cm³/mol. The van der Waals surface area contributed by atoms with Crippen LogP contribution >= 0.6 is 0 Å². The quantitative estimate of drug-likeness (QED) is 0.573. The smallest absolute Gasteiger partial charge is 0.338 e. The lowest BCUT2D eigenvalue weighted by molar-refractivity contribution is 0.0526. The summed E-state index contributed by atoms with van der Waals surface area (Å²) >= 11 is 0. The summed E-state index contributed by atoms with van der Waals surface area (Å²) in [6, 6.07) is 7.38. The number of carbonyl (C=O) groups excluding carboxylic acids is 1. The van der Waals surface area contributed by atoms with E-state index in [-0.39, 0.29) is 5.97 Å². The van der Waals surface area contributed by atoms with Gasteiger partial charge in [0, 0.05) is 6.54 Å². The van der Waals surface area contributed by atoms with E-state index in [1.165, 1.54) is 0 Å². The first kappa shape index (κ1) is 13.3. The molecule has 0 aromatic heterocycles. The second-order valence-corrected chi connectivity index (χ2v) is 3.79. The number of rotatable bonds is 5. The Balaban J connectivity index is 2.62. The van der Waals surface area contributed by atoms with Crippen molar-refractivity contribution in [1.29, 1.82) is 0 Å². The summed E-state index contributed by atoms with van der Waals surface area (Å²) in [6.45, 7) is 3.57. The second-order valence-electron chi connectivity index (χ2n) is 3.79. The van der Waals surface area contributed by atoms with E-state index in [1.807, 2.05) is 24.1 Å². The van der Waals surface area contributed by atoms with Crippen LogP contribution in [-0.4, -0.2) is 31.1 Å². The van der Waals surface area contributed by atoms with Crippen LogP contribution in [0.3, 0.4) is 0 Å². The molecule has 90 valence electrons. The van der Waals surface area contributed by atoms with E-state index in [0.29, 0.717) is 18.7 Å². The summed E-state index contributed by atoms with van der Waals surface area (Å²) < 4.78 is 4.91. The zero-order chi connectivity index (χ0) is 12.7. The molecular weight excluding hydrogens is 214 g/mol. The van der Waals surface area contributed by atoms with Gasteiger partial charge in [-0.1, -0.05) is 18.1 Å². The number of hydrogen-bond donors (Lipinski definition) is 0. The van der Waals surface area contributed by atoms with E-state index in [4.69, 9.17) is 11.2 Å². The molecule has 0 saturated carbocycles. The first-order valence-corrected chi connectivity index (χ1v) is 5.55. The van der Waals surface area contributed by atoms with Gasteiger partial charge in [-0.2, -0.15) is 0 Å². The Morgan fingerprint density at radius 2 is 2.06 bits per heavy atom. The molecule has 0 spiro atoms. The van der Waals surface area contributed by atoms with Crippen LogP contribution < -0.4 is 0 Å². The summed E-state index contributed by atoms with van der Waals surface area (Å²) in [5, 5.41) is 0. The topological polar surface area (TPSA) is 29.5 Å². The van der Waals surface area contributed by atoms with Crippen molar-refractivity contribution in [3.05, 3.63) is 35.4 Å². The molecule has 0 fully saturated rings. The largest absolute Gasteiger partial charge is 0.462 e. The minimum Gasteiger partial charge on any atom is -0.462 e. The van der Waals surface area contributed by atoms with Crippen LogP contribution in [0.25, 0.3) is 0 Å². The molecule has 1 rings (SSSR count). The van der Waals surface area contributed by atoms with Crippen molar-refractivity contribution in [2.75, 3.05) is 20.2 Å². The fraction of sp³-hybridized carbons (Fsp3) is 0.357. The van der Waals surface area contributed by atoms with Gasteiger partial charge in [-0.15, -0.1) is 6.42 Å². The number of nitrogens with zero attached hydrogens (tertiary/aromatic N) is 1. The van der Waals surface area contributed by atoms with Crippen LogP contribution in [0.1, 0.15) is 22.8 Å². The molecule has 1 aromatic rings. The first-order valence-electron chi connectivity index (χ1n) is 5.55. The molecule has 0 aliphatic heterocycles. The lowest BCUT2D eigenvalue weighted by atomic mass is 10.1. The lowest BCUT2D eigenvalue weighted by Gasteiger charge is -2.13. The Morgan fingerprint density at radius 3 is 2.59 bits per heavy atom. The Morgan fingerprint density at radius 1 is 1.41 bits per heavy atom. The van der Waals surface area contributed by atoms with Crippen LogP contribution in [0.15, 0.2) is 24.3 Å². The van der Waals surface area contributed by atoms with Crippen molar-refractivity contribution >= 4 is 5.97 Å². The summed E-state index contributed by atoms with van der Waals surface area (Å²) in [6.07, 6.45) is 5.23. The van der Waals surface area contributed by atoms with Crippen molar-refractivity contribution in [2.45, 2.75) is 13.5 Å². The number of benzene rings is 1. The lowest BCUT2D eigenvalue weighted by Crippen LogP contribution is -2.17. The summed E-state index contributed by atoms with van der Waals surface area (Å²) in [5.74, 6) is 2.30. The van der Waals surface area contributed by atoms with E-state index in [0.717, 1.165) is 12.1 Å². The van der Waals surface area contributed by atoms with Crippen LogP contribution in [0.4, 0.5) is 0 Å². The fourth-order valence-electron chi connectivity index (χ4n) is 1.48. The maximum Gasteiger partial charge on any atom is 0.338 e. The minimum absolute atomic E-state index is 0.281. The monoisotopic (exact) mass is 231 g/mol. The van der Waals surface area contributed by atoms with Gasteiger partial charge in [0.05, 0.1) is 18.7 Å².